The molecule has 2 aliphatic rings. The van der Waals surface area contributed by atoms with Crippen molar-refractivity contribution in [3.63, 3.8) is 0 Å². The standard InChI is InChI=1S/C26H28N2O2S/c29-24(17-21-18-31-25(27-21)19-9-3-1-4-10-19)28-16-15-26(30,20-11-5-2-6-12-20)22-13-7-8-14-23(22)28/h1-6,9-12,18,22-23,30H,7-8,13-17H2/t22-,23-,26?/m0/s1. The van der Waals surface area contributed by atoms with Crippen LogP contribution in [-0.2, 0) is 16.8 Å². The van der Waals surface area contributed by atoms with Crippen LogP contribution in [0.15, 0.2) is 66.0 Å². The van der Waals surface area contributed by atoms with Crippen LogP contribution >= 0.6 is 11.3 Å². The number of hydrogen-bond donors (Lipinski definition) is 1. The first kappa shape index (κ1) is 20.4. The van der Waals surface area contributed by atoms with E-state index in [1.165, 1.54) is 0 Å². The predicted molar refractivity (Wildman–Crippen MR) is 124 cm³/mol. The summed E-state index contributed by atoms with van der Waals surface area (Å²) in [5.74, 6) is 0.230. The van der Waals surface area contributed by atoms with E-state index < -0.39 is 5.60 Å². The van der Waals surface area contributed by atoms with Crippen LogP contribution < -0.4 is 0 Å². The van der Waals surface area contributed by atoms with E-state index >= 15 is 0 Å². The highest BCUT2D eigenvalue weighted by atomic mass is 32.1. The largest absolute Gasteiger partial charge is 0.385 e. The summed E-state index contributed by atoms with van der Waals surface area (Å²) >= 11 is 1.59. The van der Waals surface area contributed by atoms with Gasteiger partial charge in [0.1, 0.15) is 5.01 Å². The highest BCUT2D eigenvalue weighted by Crippen LogP contribution is 2.47. The molecule has 1 aromatic heterocycles. The summed E-state index contributed by atoms with van der Waals surface area (Å²) in [5.41, 5.74) is 2.07. The molecular weight excluding hydrogens is 404 g/mol. The van der Waals surface area contributed by atoms with Gasteiger partial charge in [-0.05, 0) is 24.8 Å². The van der Waals surface area contributed by atoms with Crippen LogP contribution in [0.25, 0.3) is 10.6 Å². The van der Waals surface area contributed by atoms with Crippen molar-refractivity contribution in [3.8, 4) is 10.6 Å². The first-order chi connectivity index (χ1) is 15.1. The number of hydrogen-bond acceptors (Lipinski definition) is 4. The molecule has 1 amide bonds. The fraction of sp³-hybridized carbons (Fsp3) is 0.385. The van der Waals surface area contributed by atoms with Crippen LogP contribution in [-0.4, -0.2) is 33.5 Å². The van der Waals surface area contributed by atoms with Crippen LogP contribution in [0.3, 0.4) is 0 Å². The number of piperidine rings is 1. The predicted octanol–water partition coefficient (Wildman–Crippen LogP) is 5.03. The summed E-state index contributed by atoms with van der Waals surface area (Å²) in [6.07, 6.45) is 5.09. The van der Waals surface area contributed by atoms with Crippen molar-refractivity contribution < 1.29 is 9.90 Å². The summed E-state index contributed by atoms with van der Waals surface area (Å²) in [5, 5.41) is 14.7. The van der Waals surface area contributed by atoms with Gasteiger partial charge in [-0.1, -0.05) is 73.5 Å². The van der Waals surface area contributed by atoms with E-state index in [4.69, 9.17) is 4.98 Å². The zero-order chi connectivity index (χ0) is 21.3. The average molecular weight is 433 g/mol. The number of benzene rings is 2. The Morgan fingerprint density at radius 3 is 2.55 bits per heavy atom. The van der Waals surface area contributed by atoms with Gasteiger partial charge in [0.15, 0.2) is 0 Å². The van der Waals surface area contributed by atoms with Crippen LogP contribution in [0.5, 0.6) is 0 Å². The third-order valence-electron chi connectivity index (χ3n) is 6.98. The van der Waals surface area contributed by atoms with E-state index in [2.05, 4.69) is 0 Å². The molecule has 5 heteroatoms. The molecule has 160 valence electrons. The third kappa shape index (κ3) is 3.92. The van der Waals surface area contributed by atoms with E-state index in [-0.39, 0.29) is 17.9 Å². The monoisotopic (exact) mass is 432 g/mol. The van der Waals surface area contributed by atoms with Gasteiger partial charge in [-0.2, -0.15) is 0 Å². The number of nitrogens with zero attached hydrogens (tertiary/aromatic N) is 2. The maximum Gasteiger partial charge on any atom is 0.228 e. The number of carbonyl (C=O) groups is 1. The van der Waals surface area contributed by atoms with Crippen molar-refractivity contribution in [1.82, 2.24) is 9.88 Å². The minimum Gasteiger partial charge on any atom is -0.385 e. The lowest BCUT2D eigenvalue weighted by Crippen LogP contribution is -2.59. The minimum absolute atomic E-state index is 0.0941. The van der Waals surface area contributed by atoms with Crippen molar-refractivity contribution in [2.45, 2.75) is 50.2 Å². The minimum atomic E-state index is -0.843. The third-order valence-corrected chi connectivity index (χ3v) is 7.92. The number of rotatable bonds is 4. The van der Waals surface area contributed by atoms with Gasteiger partial charge in [0.25, 0.3) is 0 Å². The number of fused-ring (bicyclic) bond motifs is 1. The Bertz CT molecular complexity index is 1040. The van der Waals surface area contributed by atoms with Crippen molar-refractivity contribution in [1.29, 1.82) is 0 Å². The molecule has 0 radical (unpaired) electrons. The lowest BCUT2D eigenvalue weighted by atomic mass is 9.66. The number of carbonyl (C=O) groups excluding carboxylic acids is 1. The molecule has 2 fully saturated rings. The summed E-state index contributed by atoms with van der Waals surface area (Å²) in [6.45, 7) is 0.598. The Labute approximate surface area is 187 Å². The van der Waals surface area contributed by atoms with Crippen molar-refractivity contribution in [2.24, 2.45) is 5.92 Å². The fourth-order valence-electron chi connectivity index (χ4n) is 5.44. The molecule has 2 aromatic carbocycles. The number of aromatic nitrogens is 1. The molecule has 1 N–H and O–H groups in total. The highest BCUT2D eigenvalue weighted by molar-refractivity contribution is 7.13. The number of aliphatic hydroxyl groups is 1. The molecule has 1 aliphatic heterocycles. The maximum absolute atomic E-state index is 13.3. The molecule has 3 atom stereocenters. The summed E-state index contributed by atoms with van der Waals surface area (Å²) in [6, 6.07) is 20.2. The van der Waals surface area contributed by atoms with Crippen LogP contribution in [0.2, 0.25) is 0 Å². The van der Waals surface area contributed by atoms with Crippen molar-refractivity contribution in [2.75, 3.05) is 6.54 Å². The molecule has 31 heavy (non-hydrogen) atoms. The van der Waals surface area contributed by atoms with Gasteiger partial charge < -0.3 is 10.0 Å². The number of thiazole rings is 1. The number of likely N-dealkylation sites (tertiary alicyclic amines) is 1. The van der Waals surface area contributed by atoms with Crippen LogP contribution in [0.1, 0.15) is 43.4 Å². The summed E-state index contributed by atoms with van der Waals surface area (Å²) in [4.78, 5) is 20.1. The Hall–Kier alpha value is -2.50. The van der Waals surface area contributed by atoms with E-state index in [1.807, 2.05) is 70.9 Å². The smallest absolute Gasteiger partial charge is 0.228 e. The second-order valence-electron chi connectivity index (χ2n) is 8.77. The Morgan fingerprint density at radius 1 is 1.06 bits per heavy atom. The average Bonchev–Trinajstić information content (AvgIpc) is 3.29. The zero-order valence-electron chi connectivity index (χ0n) is 17.6. The Kier molecular flexibility index (Phi) is 5.63. The SMILES string of the molecule is O=C(Cc1csc(-c2ccccc2)n1)N1CCC(O)(c2ccccc2)[C@H]2CCCC[C@@H]21. The first-order valence-electron chi connectivity index (χ1n) is 11.2. The lowest BCUT2D eigenvalue weighted by molar-refractivity contribution is -0.154. The molecule has 1 saturated carbocycles. The summed E-state index contributed by atoms with van der Waals surface area (Å²) in [7, 11) is 0. The fourth-order valence-corrected chi connectivity index (χ4v) is 6.26. The van der Waals surface area contributed by atoms with Crippen molar-refractivity contribution >= 4 is 17.2 Å². The van der Waals surface area contributed by atoms with E-state index in [1.54, 1.807) is 11.3 Å². The molecule has 4 nitrogen and oxygen atoms in total. The Balaban J connectivity index is 1.34. The van der Waals surface area contributed by atoms with Gasteiger partial charge >= 0.3 is 0 Å². The summed E-state index contributed by atoms with van der Waals surface area (Å²) < 4.78 is 0. The van der Waals surface area contributed by atoms with Crippen molar-refractivity contribution in [3.05, 3.63) is 77.3 Å². The van der Waals surface area contributed by atoms with Crippen LogP contribution in [0.4, 0.5) is 0 Å². The molecule has 1 saturated heterocycles. The van der Waals surface area contributed by atoms with E-state index in [0.717, 1.165) is 47.5 Å². The molecule has 5 rings (SSSR count). The second-order valence-corrected chi connectivity index (χ2v) is 9.63. The molecule has 0 spiro atoms. The molecule has 3 aromatic rings. The lowest BCUT2D eigenvalue weighted by Gasteiger charge is -2.52. The molecule has 1 aliphatic carbocycles. The van der Waals surface area contributed by atoms with E-state index in [9.17, 15) is 9.90 Å². The van der Waals surface area contributed by atoms with Crippen LogP contribution in [0, 0.1) is 5.92 Å². The van der Waals surface area contributed by atoms with Gasteiger partial charge in [0.05, 0.1) is 17.7 Å². The highest BCUT2D eigenvalue weighted by Gasteiger charge is 2.50. The molecule has 1 unspecified atom stereocenters. The second kappa shape index (κ2) is 8.56. The van der Waals surface area contributed by atoms with Gasteiger partial charge in [-0.3, -0.25) is 4.79 Å². The normalized spacial score (nSPS) is 25.8. The quantitative estimate of drug-likeness (QED) is 0.629. The molecule has 0 bridgehead atoms. The molecule has 2 heterocycles. The molecular formula is C26H28N2O2S. The Morgan fingerprint density at radius 2 is 1.77 bits per heavy atom. The van der Waals surface area contributed by atoms with Gasteiger partial charge in [-0.15, -0.1) is 11.3 Å². The van der Waals surface area contributed by atoms with Gasteiger partial charge in [0.2, 0.25) is 5.91 Å². The van der Waals surface area contributed by atoms with Gasteiger partial charge in [-0.25, -0.2) is 4.98 Å². The maximum atomic E-state index is 13.3. The zero-order valence-corrected chi connectivity index (χ0v) is 18.4. The van der Waals surface area contributed by atoms with E-state index in [0.29, 0.717) is 19.4 Å². The first-order valence-corrected chi connectivity index (χ1v) is 12.1. The topological polar surface area (TPSA) is 53.4 Å². The number of amides is 1. The van der Waals surface area contributed by atoms with Gasteiger partial charge in [0, 0.05) is 29.4 Å².